The van der Waals surface area contributed by atoms with Crippen LogP contribution in [0.2, 0.25) is 0 Å². The van der Waals surface area contributed by atoms with Crippen LogP contribution in [0.15, 0.2) is 48.5 Å². The smallest absolute Gasteiger partial charge is 0.258 e. The van der Waals surface area contributed by atoms with Crippen LogP contribution in [-0.2, 0) is 10.2 Å². The Kier molecular flexibility index (Phi) is 7.46. The van der Waals surface area contributed by atoms with E-state index >= 15 is 0 Å². The molecule has 0 radical (unpaired) electrons. The van der Waals surface area contributed by atoms with Crippen molar-refractivity contribution < 1.29 is 14.3 Å². The van der Waals surface area contributed by atoms with E-state index in [1.807, 2.05) is 62.6 Å². The summed E-state index contributed by atoms with van der Waals surface area (Å²) < 4.78 is 10.9. The largest absolute Gasteiger partial charge is 0.497 e. The molecule has 0 aliphatic rings. The van der Waals surface area contributed by atoms with Crippen LogP contribution in [0.4, 0.5) is 0 Å². The van der Waals surface area contributed by atoms with Crippen LogP contribution < -0.4 is 14.8 Å². The number of amides is 1. The topological polar surface area (TPSA) is 50.8 Å². The van der Waals surface area contributed by atoms with Crippen molar-refractivity contribution in [2.75, 3.05) is 34.4 Å². The number of carbonyl (C=O) groups is 1. The van der Waals surface area contributed by atoms with Crippen LogP contribution in [0.1, 0.15) is 37.9 Å². The Morgan fingerprint density at radius 3 is 2.32 bits per heavy atom. The quantitative estimate of drug-likeness (QED) is 0.752. The van der Waals surface area contributed by atoms with Crippen LogP contribution in [0, 0.1) is 0 Å². The van der Waals surface area contributed by atoms with E-state index in [1.54, 1.807) is 7.11 Å². The summed E-state index contributed by atoms with van der Waals surface area (Å²) in [5, 5.41) is 2.96. The van der Waals surface area contributed by atoms with Gasteiger partial charge >= 0.3 is 0 Å². The molecule has 1 atom stereocenters. The molecule has 0 saturated carbocycles. The van der Waals surface area contributed by atoms with E-state index in [9.17, 15) is 4.79 Å². The minimum Gasteiger partial charge on any atom is -0.497 e. The molecule has 0 aromatic heterocycles. The molecule has 0 fully saturated rings. The van der Waals surface area contributed by atoms with Gasteiger partial charge in [0.15, 0.2) is 6.61 Å². The minimum atomic E-state index is -0.144. The molecule has 0 saturated heterocycles. The summed E-state index contributed by atoms with van der Waals surface area (Å²) in [5.41, 5.74) is 2.41. The molecule has 2 rings (SSSR count). The van der Waals surface area contributed by atoms with Gasteiger partial charge in [-0.3, -0.25) is 4.79 Å². The summed E-state index contributed by atoms with van der Waals surface area (Å²) in [6.45, 7) is 6.98. The highest BCUT2D eigenvalue weighted by atomic mass is 16.5. The molecule has 5 nitrogen and oxygen atoms in total. The Labute approximate surface area is 168 Å². The van der Waals surface area contributed by atoms with Gasteiger partial charge in [0.1, 0.15) is 11.5 Å². The van der Waals surface area contributed by atoms with Crippen molar-refractivity contribution in [2.45, 2.75) is 32.2 Å². The number of nitrogens with zero attached hydrogens (tertiary/aromatic N) is 1. The fourth-order valence-corrected chi connectivity index (χ4v) is 2.91. The Hall–Kier alpha value is -2.53. The van der Waals surface area contributed by atoms with Gasteiger partial charge < -0.3 is 19.7 Å². The van der Waals surface area contributed by atoms with Crippen molar-refractivity contribution in [2.24, 2.45) is 0 Å². The van der Waals surface area contributed by atoms with Crippen LogP contribution in [0.5, 0.6) is 11.5 Å². The average molecular weight is 385 g/mol. The fraction of sp³-hybridized carbons (Fsp3) is 0.435. The van der Waals surface area contributed by atoms with Crippen molar-refractivity contribution in [3.63, 3.8) is 0 Å². The molecule has 0 heterocycles. The van der Waals surface area contributed by atoms with Crippen LogP contribution >= 0.6 is 0 Å². The summed E-state index contributed by atoms with van der Waals surface area (Å²) in [6.07, 6.45) is 0. The highest BCUT2D eigenvalue weighted by Crippen LogP contribution is 2.24. The Balaban J connectivity index is 1.89. The average Bonchev–Trinajstić information content (AvgIpc) is 2.66. The third-order valence-corrected chi connectivity index (χ3v) is 4.68. The van der Waals surface area contributed by atoms with Crippen molar-refractivity contribution in [1.82, 2.24) is 10.2 Å². The van der Waals surface area contributed by atoms with E-state index in [4.69, 9.17) is 9.47 Å². The first-order chi connectivity index (χ1) is 13.2. The molecule has 0 spiro atoms. The second-order valence-corrected chi connectivity index (χ2v) is 8.12. The molecular weight excluding hydrogens is 352 g/mol. The number of methoxy groups -OCH3 is 1. The van der Waals surface area contributed by atoms with Crippen LogP contribution in [0.25, 0.3) is 0 Å². The summed E-state index contributed by atoms with van der Waals surface area (Å²) in [5.74, 6) is 1.35. The molecule has 0 aliphatic carbocycles. The number of hydrogen-bond donors (Lipinski definition) is 1. The first-order valence-electron chi connectivity index (χ1n) is 9.51. The molecule has 152 valence electrons. The molecule has 1 amide bonds. The van der Waals surface area contributed by atoms with Gasteiger partial charge in [-0.15, -0.1) is 0 Å². The van der Waals surface area contributed by atoms with Gasteiger partial charge in [-0.25, -0.2) is 0 Å². The number of ether oxygens (including phenoxy) is 2. The second kappa shape index (κ2) is 9.60. The summed E-state index contributed by atoms with van der Waals surface area (Å²) in [4.78, 5) is 14.3. The molecule has 5 heteroatoms. The normalized spacial score (nSPS) is 12.5. The van der Waals surface area contributed by atoms with Gasteiger partial charge in [-0.1, -0.05) is 45.0 Å². The van der Waals surface area contributed by atoms with Crippen molar-refractivity contribution in [3.05, 3.63) is 59.7 Å². The molecule has 2 aromatic rings. The van der Waals surface area contributed by atoms with Gasteiger partial charge in [0.2, 0.25) is 0 Å². The maximum Gasteiger partial charge on any atom is 0.258 e. The number of nitrogens with one attached hydrogen (secondary N) is 1. The molecule has 2 aromatic carbocycles. The number of likely N-dealkylation sites (N-methyl/N-ethyl adjacent to an activating group) is 1. The summed E-state index contributed by atoms with van der Waals surface area (Å²) in [7, 11) is 5.63. The molecule has 1 unspecified atom stereocenters. The predicted molar refractivity (Wildman–Crippen MR) is 113 cm³/mol. The Morgan fingerprint density at radius 1 is 1.07 bits per heavy atom. The van der Waals surface area contributed by atoms with Crippen molar-refractivity contribution in [3.8, 4) is 11.5 Å². The Bertz CT molecular complexity index is 764. The van der Waals surface area contributed by atoms with Gasteiger partial charge in [0, 0.05) is 6.54 Å². The zero-order valence-corrected chi connectivity index (χ0v) is 17.8. The monoisotopic (exact) mass is 384 g/mol. The van der Waals surface area contributed by atoms with Gasteiger partial charge in [-0.05, 0) is 54.9 Å². The first kappa shape index (κ1) is 21.8. The Morgan fingerprint density at radius 2 is 1.75 bits per heavy atom. The van der Waals surface area contributed by atoms with Crippen molar-refractivity contribution in [1.29, 1.82) is 0 Å². The lowest BCUT2D eigenvalue weighted by Gasteiger charge is -2.25. The zero-order valence-electron chi connectivity index (χ0n) is 17.8. The standard InChI is InChI=1S/C23H32N2O3/c1-23(2,3)18-10-12-19(13-11-18)28-16-22(26)24-15-21(25(4)5)17-8-7-9-20(14-17)27-6/h7-14,21H,15-16H2,1-6H3,(H,24,26). The van der Waals surface area contributed by atoms with E-state index in [0.29, 0.717) is 12.3 Å². The number of hydrogen-bond acceptors (Lipinski definition) is 4. The lowest BCUT2D eigenvalue weighted by Crippen LogP contribution is -2.36. The summed E-state index contributed by atoms with van der Waals surface area (Å²) >= 11 is 0. The van der Waals surface area contributed by atoms with Gasteiger partial charge in [0.05, 0.1) is 13.2 Å². The highest BCUT2D eigenvalue weighted by molar-refractivity contribution is 5.77. The number of rotatable bonds is 8. The lowest BCUT2D eigenvalue weighted by atomic mass is 9.87. The number of benzene rings is 2. The predicted octanol–water partition coefficient (Wildman–Crippen LogP) is 3.79. The van der Waals surface area contributed by atoms with E-state index in [2.05, 4.69) is 31.0 Å². The highest BCUT2D eigenvalue weighted by Gasteiger charge is 2.17. The molecule has 1 N–H and O–H groups in total. The van der Waals surface area contributed by atoms with Gasteiger partial charge in [0.25, 0.3) is 5.91 Å². The second-order valence-electron chi connectivity index (χ2n) is 8.12. The van der Waals surface area contributed by atoms with E-state index in [0.717, 1.165) is 11.3 Å². The lowest BCUT2D eigenvalue weighted by molar-refractivity contribution is -0.123. The van der Waals surface area contributed by atoms with E-state index < -0.39 is 0 Å². The zero-order chi connectivity index (χ0) is 20.7. The third-order valence-electron chi connectivity index (χ3n) is 4.68. The first-order valence-corrected chi connectivity index (χ1v) is 9.51. The molecule has 0 bridgehead atoms. The third kappa shape index (κ3) is 6.27. The van der Waals surface area contributed by atoms with E-state index in [-0.39, 0.29) is 24.0 Å². The maximum atomic E-state index is 12.2. The fourth-order valence-electron chi connectivity index (χ4n) is 2.91. The minimum absolute atomic E-state index is 0.00682. The van der Waals surface area contributed by atoms with Crippen LogP contribution in [0.3, 0.4) is 0 Å². The molecular formula is C23H32N2O3. The van der Waals surface area contributed by atoms with Gasteiger partial charge in [-0.2, -0.15) is 0 Å². The summed E-state index contributed by atoms with van der Waals surface area (Å²) in [6, 6.07) is 15.8. The maximum absolute atomic E-state index is 12.2. The number of carbonyl (C=O) groups excluding carboxylic acids is 1. The molecule has 28 heavy (non-hydrogen) atoms. The van der Waals surface area contributed by atoms with E-state index in [1.165, 1.54) is 5.56 Å². The van der Waals surface area contributed by atoms with Crippen LogP contribution in [-0.4, -0.2) is 45.2 Å². The van der Waals surface area contributed by atoms with Crippen molar-refractivity contribution >= 4 is 5.91 Å². The SMILES string of the molecule is COc1cccc(C(CNC(=O)COc2ccc(C(C)(C)C)cc2)N(C)C)c1. The molecule has 0 aliphatic heterocycles.